The largest absolute Gasteiger partial charge is 0.493 e. The lowest BCUT2D eigenvalue weighted by Crippen LogP contribution is -2.38. The van der Waals surface area contributed by atoms with E-state index in [0.717, 1.165) is 22.0 Å². The Morgan fingerprint density at radius 1 is 1.15 bits per heavy atom. The summed E-state index contributed by atoms with van der Waals surface area (Å²) in [6.07, 6.45) is 2.15. The van der Waals surface area contributed by atoms with Crippen LogP contribution in [0.5, 0.6) is 11.5 Å². The van der Waals surface area contributed by atoms with Crippen LogP contribution < -0.4 is 14.8 Å². The predicted octanol–water partition coefficient (Wildman–Crippen LogP) is 5.33. The molecular formula is C26H24ClFN2O4. The van der Waals surface area contributed by atoms with Gasteiger partial charge in [-0.2, -0.15) is 0 Å². The van der Waals surface area contributed by atoms with Crippen LogP contribution >= 0.6 is 11.6 Å². The van der Waals surface area contributed by atoms with Gasteiger partial charge in [0, 0.05) is 35.6 Å². The second-order valence-electron chi connectivity index (χ2n) is 7.82. The van der Waals surface area contributed by atoms with Crippen LogP contribution in [0.1, 0.15) is 16.7 Å². The van der Waals surface area contributed by atoms with Crippen molar-refractivity contribution in [1.29, 1.82) is 0 Å². The molecule has 0 fully saturated rings. The number of nitrogens with one attached hydrogen (secondary N) is 2. The van der Waals surface area contributed by atoms with Crippen molar-refractivity contribution in [2.45, 2.75) is 25.6 Å². The molecule has 4 aromatic rings. The molecule has 1 heterocycles. The van der Waals surface area contributed by atoms with Crippen LogP contribution in [-0.4, -0.2) is 29.2 Å². The molecule has 8 heteroatoms. The Morgan fingerprint density at radius 2 is 1.91 bits per heavy atom. The number of carboxylic acids is 1. The summed E-state index contributed by atoms with van der Waals surface area (Å²) in [6.45, 7) is 0.245. The predicted molar refractivity (Wildman–Crippen MR) is 129 cm³/mol. The van der Waals surface area contributed by atoms with Gasteiger partial charge in [-0.25, -0.2) is 4.39 Å². The van der Waals surface area contributed by atoms with Gasteiger partial charge in [-0.1, -0.05) is 48.0 Å². The number of benzene rings is 3. The first kappa shape index (κ1) is 23.6. The highest BCUT2D eigenvalue weighted by Gasteiger charge is 2.20. The van der Waals surface area contributed by atoms with Crippen LogP contribution in [0, 0.1) is 5.82 Å². The number of carboxylic acid groups (broad SMARTS) is 1. The molecule has 0 aliphatic rings. The number of aromatic nitrogens is 1. The minimum absolute atomic E-state index is 0.00788. The van der Waals surface area contributed by atoms with Crippen molar-refractivity contribution in [1.82, 2.24) is 10.3 Å². The Bertz CT molecular complexity index is 1310. The number of hydrogen-bond donors (Lipinski definition) is 3. The molecule has 1 aromatic heterocycles. The van der Waals surface area contributed by atoms with E-state index in [1.54, 1.807) is 30.3 Å². The first-order valence-corrected chi connectivity index (χ1v) is 11.1. The van der Waals surface area contributed by atoms with Crippen molar-refractivity contribution in [3.63, 3.8) is 0 Å². The van der Waals surface area contributed by atoms with Crippen molar-refractivity contribution in [3.05, 3.63) is 94.4 Å². The number of hydrogen-bond acceptors (Lipinski definition) is 4. The van der Waals surface area contributed by atoms with Gasteiger partial charge in [0.25, 0.3) is 0 Å². The molecule has 34 heavy (non-hydrogen) atoms. The first-order chi connectivity index (χ1) is 16.5. The van der Waals surface area contributed by atoms with Gasteiger partial charge >= 0.3 is 5.97 Å². The molecule has 0 saturated carbocycles. The average Bonchev–Trinajstić information content (AvgIpc) is 3.24. The Hall–Kier alpha value is -3.55. The highest BCUT2D eigenvalue weighted by molar-refractivity contribution is 6.32. The van der Waals surface area contributed by atoms with E-state index >= 15 is 0 Å². The summed E-state index contributed by atoms with van der Waals surface area (Å²) in [4.78, 5) is 15.1. The summed E-state index contributed by atoms with van der Waals surface area (Å²) in [6, 6.07) is 16.7. The van der Waals surface area contributed by atoms with E-state index in [1.807, 2.05) is 30.5 Å². The fourth-order valence-corrected chi connectivity index (χ4v) is 4.08. The zero-order valence-corrected chi connectivity index (χ0v) is 19.2. The minimum atomic E-state index is -0.951. The smallest absolute Gasteiger partial charge is 0.321 e. The molecule has 1 atom stereocenters. The van der Waals surface area contributed by atoms with Gasteiger partial charge in [0.2, 0.25) is 0 Å². The zero-order chi connectivity index (χ0) is 24.1. The van der Waals surface area contributed by atoms with Gasteiger partial charge in [-0.3, -0.25) is 4.79 Å². The third-order valence-electron chi connectivity index (χ3n) is 5.57. The van der Waals surface area contributed by atoms with Gasteiger partial charge < -0.3 is 24.9 Å². The summed E-state index contributed by atoms with van der Waals surface area (Å²) < 4.78 is 25.1. The highest BCUT2D eigenvalue weighted by Crippen LogP contribution is 2.37. The Kier molecular flexibility index (Phi) is 7.35. The Balaban J connectivity index is 1.46. The summed E-state index contributed by atoms with van der Waals surface area (Å²) in [5, 5.41) is 14.1. The second kappa shape index (κ2) is 10.6. The molecular weight excluding hydrogens is 459 g/mol. The molecule has 1 unspecified atom stereocenters. The van der Waals surface area contributed by atoms with Crippen molar-refractivity contribution in [2.75, 3.05) is 7.11 Å². The maximum atomic E-state index is 13.9. The van der Waals surface area contributed by atoms with Crippen molar-refractivity contribution < 1.29 is 23.8 Å². The number of carbonyl (C=O) groups is 1. The lowest BCUT2D eigenvalue weighted by Gasteiger charge is -2.17. The van der Waals surface area contributed by atoms with E-state index < -0.39 is 12.0 Å². The van der Waals surface area contributed by atoms with Crippen molar-refractivity contribution >= 4 is 28.5 Å². The molecule has 3 aromatic carbocycles. The number of aliphatic carboxylic acids is 1. The SMILES string of the molecule is COc1cc(CNC(Cc2c[nH]c3ccccc23)C(=O)O)cc(Cl)c1OCc1ccccc1F. The van der Waals surface area contributed by atoms with Crippen LogP contribution in [0.3, 0.4) is 0 Å². The molecule has 3 N–H and O–H groups in total. The van der Waals surface area contributed by atoms with Gasteiger partial charge in [0.05, 0.1) is 12.1 Å². The average molecular weight is 483 g/mol. The molecule has 176 valence electrons. The van der Waals surface area contributed by atoms with Crippen LogP contribution in [0.4, 0.5) is 4.39 Å². The minimum Gasteiger partial charge on any atom is -0.493 e. The molecule has 0 aliphatic heterocycles. The van der Waals surface area contributed by atoms with E-state index in [0.29, 0.717) is 23.5 Å². The number of rotatable bonds is 10. The quantitative estimate of drug-likeness (QED) is 0.284. The van der Waals surface area contributed by atoms with Crippen LogP contribution in [0.25, 0.3) is 10.9 Å². The number of aromatic amines is 1. The maximum absolute atomic E-state index is 13.9. The number of H-pyrrole nitrogens is 1. The van der Waals surface area contributed by atoms with Gasteiger partial charge in [0.15, 0.2) is 11.5 Å². The maximum Gasteiger partial charge on any atom is 0.321 e. The summed E-state index contributed by atoms with van der Waals surface area (Å²) in [5.41, 5.74) is 3.00. The van der Waals surface area contributed by atoms with Crippen molar-refractivity contribution in [3.8, 4) is 11.5 Å². The van der Waals surface area contributed by atoms with Crippen molar-refractivity contribution in [2.24, 2.45) is 0 Å². The normalized spacial score (nSPS) is 12.0. The standard InChI is InChI=1S/C26H24ClFN2O4/c1-33-24-11-16(10-20(27)25(24)34-15-17-6-2-4-8-21(17)28)13-29-23(26(31)32)12-18-14-30-22-9-5-3-7-19(18)22/h2-11,14,23,29-30H,12-13,15H2,1H3,(H,31,32). The monoisotopic (exact) mass is 482 g/mol. The molecule has 0 bridgehead atoms. The lowest BCUT2D eigenvalue weighted by molar-refractivity contribution is -0.139. The van der Waals surface area contributed by atoms with E-state index in [9.17, 15) is 14.3 Å². The first-order valence-electron chi connectivity index (χ1n) is 10.7. The molecule has 0 spiro atoms. The topological polar surface area (TPSA) is 83.6 Å². The van der Waals surface area contributed by atoms with Crippen LogP contribution in [-0.2, 0) is 24.4 Å². The molecule has 4 rings (SSSR count). The number of para-hydroxylation sites is 1. The Labute approximate surface area is 201 Å². The zero-order valence-electron chi connectivity index (χ0n) is 18.5. The van der Waals surface area contributed by atoms with Gasteiger partial charge in [-0.05, 0) is 35.4 Å². The summed E-state index contributed by atoms with van der Waals surface area (Å²) in [7, 11) is 1.48. The number of fused-ring (bicyclic) bond motifs is 1. The van der Waals surface area contributed by atoms with E-state index in [-0.39, 0.29) is 24.0 Å². The molecule has 0 radical (unpaired) electrons. The Morgan fingerprint density at radius 3 is 2.68 bits per heavy atom. The number of ether oxygens (including phenoxy) is 2. The van der Waals surface area contributed by atoms with E-state index in [1.165, 1.54) is 13.2 Å². The third kappa shape index (κ3) is 5.32. The van der Waals surface area contributed by atoms with E-state index in [4.69, 9.17) is 21.1 Å². The molecule has 0 saturated heterocycles. The van der Waals surface area contributed by atoms with E-state index in [2.05, 4.69) is 10.3 Å². The fourth-order valence-electron chi connectivity index (χ4n) is 3.79. The summed E-state index contributed by atoms with van der Waals surface area (Å²) in [5.74, 6) is -0.643. The van der Waals surface area contributed by atoms with Crippen LogP contribution in [0.2, 0.25) is 5.02 Å². The number of halogens is 2. The van der Waals surface area contributed by atoms with Crippen LogP contribution in [0.15, 0.2) is 66.9 Å². The molecule has 0 aliphatic carbocycles. The molecule has 6 nitrogen and oxygen atoms in total. The summed E-state index contributed by atoms with van der Waals surface area (Å²) >= 11 is 6.43. The van der Waals surface area contributed by atoms with Gasteiger partial charge in [0.1, 0.15) is 18.5 Å². The number of methoxy groups -OCH3 is 1. The highest BCUT2D eigenvalue weighted by atomic mass is 35.5. The third-order valence-corrected chi connectivity index (χ3v) is 5.85. The second-order valence-corrected chi connectivity index (χ2v) is 8.23. The fraction of sp³-hybridized carbons (Fsp3) is 0.192. The molecule has 0 amide bonds. The lowest BCUT2D eigenvalue weighted by atomic mass is 10.0. The van der Waals surface area contributed by atoms with Gasteiger partial charge in [-0.15, -0.1) is 0 Å².